The normalized spacial score (nSPS) is 13.8. The van der Waals surface area contributed by atoms with Gasteiger partial charge in [0.05, 0.1) is 21.8 Å². The monoisotopic (exact) mass is 353 g/mol. The highest BCUT2D eigenvalue weighted by molar-refractivity contribution is 9.10. The average molecular weight is 355 g/mol. The first kappa shape index (κ1) is 13.3. The van der Waals surface area contributed by atoms with Crippen molar-refractivity contribution in [3.8, 4) is 0 Å². The van der Waals surface area contributed by atoms with E-state index in [1.54, 1.807) is 24.3 Å². The number of benzene rings is 2. The van der Waals surface area contributed by atoms with Gasteiger partial charge in [0.1, 0.15) is 5.82 Å². The van der Waals surface area contributed by atoms with Crippen molar-refractivity contribution in [1.29, 1.82) is 0 Å². The van der Waals surface area contributed by atoms with E-state index in [0.29, 0.717) is 11.1 Å². The van der Waals surface area contributed by atoms with Crippen LogP contribution in [0.15, 0.2) is 40.9 Å². The predicted octanol–water partition coefficient (Wildman–Crippen LogP) is 4.04. The molecule has 1 aliphatic heterocycles. The van der Waals surface area contributed by atoms with Gasteiger partial charge in [-0.25, -0.2) is 9.29 Å². The molecule has 0 unspecified atom stereocenters. The number of imide groups is 1. The summed E-state index contributed by atoms with van der Waals surface area (Å²) in [6.45, 7) is 0. The fourth-order valence-corrected chi connectivity index (χ4v) is 3.15. The van der Waals surface area contributed by atoms with Gasteiger partial charge in [0.2, 0.25) is 0 Å². The quantitative estimate of drug-likeness (QED) is 0.725. The molecule has 0 aromatic heterocycles. The standard InChI is InChI=1S/C14H6BrClFNO2/c15-10-5-7(17)6-11(16)12(10)18-13(19)8-3-1-2-4-9(8)14(18)20/h1-6H. The van der Waals surface area contributed by atoms with Crippen LogP contribution in [0, 0.1) is 5.82 Å². The van der Waals surface area contributed by atoms with Gasteiger partial charge < -0.3 is 0 Å². The third kappa shape index (κ3) is 1.85. The second-order valence-electron chi connectivity index (χ2n) is 4.21. The molecule has 3 nitrogen and oxygen atoms in total. The molecular formula is C14H6BrClFNO2. The summed E-state index contributed by atoms with van der Waals surface area (Å²) >= 11 is 9.11. The van der Waals surface area contributed by atoms with Gasteiger partial charge in [-0.15, -0.1) is 0 Å². The number of hydrogen-bond donors (Lipinski definition) is 0. The summed E-state index contributed by atoms with van der Waals surface area (Å²) < 4.78 is 13.5. The van der Waals surface area contributed by atoms with Gasteiger partial charge in [-0.1, -0.05) is 23.7 Å². The Morgan fingerprint density at radius 2 is 1.60 bits per heavy atom. The second-order valence-corrected chi connectivity index (χ2v) is 5.47. The number of anilines is 1. The minimum Gasteiger partial charge on any atom is -0.268 e. The van der Waals surface area contributed by atoms with Crippen molar-refractivity contribution >= 4 is 45.0 Å². The van der Waals surface area contributed by atoms with Crippen LogP contribution in [0.4, 0.5) is 10.1 Å². The molecular weight excluding hydrogens is 349 g/mol. The van der Waals surface area contributed by atoms with E-state index in [1.165, 1.54) is 0 Å². The number of amides is 2. The number of carbonyl (C=O) groups is 2. The van der Waals surface area contributed by atoms with Crippen LogP contribution in [0.5, 0.6) is 0 Å². The lowest BCUT2D eigenvalue weighted by Crippen LogP contribution is -2.30. The van der Waals surface area contributed by atoms with Gasteiger partial charge >= 0.3 is 0 Å². The fraction of sp³-hybridized carbons (Fsp3) is 0. The lowest BCUT2D eigenvalue weighted by Gasteiger charge is -2.17. The molecule has 100 valence electrons. The zero-order valence-electron chi connectivity index (χ0n) is 9.86. The summed E-state index contributed by atoms with van der Waals surface area (Å²) in [4.78, 5) is 25.6. The van der Waals surface area contributed by atoms with Gasteiger partial charge in [-0.2, -0.15) is 0 Å². The molecule has 0 saturated carbocycles. The van der Waals surface area contributed by atoms with E-state index in [4.69, 9.17) is 11.6 Å². The largest absolute Gasteiger partial charge is 0.268 e. The second kappa shape index (κ2) is 4.68. The summed E-state index contributed by atoms with van der Waals surface area (Å²) in [6, 6.07) is 8.71. The molecule has 0 fully saturated rings. The van der Waals surface area contributed by atoms with E-state index in [1.807, 2.05) is 0 Å². The van der Waals surface area contributed by atoms with Crippen LogP contribution in [0.1, 0.15) is 20.7 Å². The predicted molar refractivity (Wildman–Crippen MR) is 76.7 cm³/mol. The molecule has 2 amide bonds. The molecule has 6 heteroatoms. The van der Waals surface area contributed by atoms with Gasteiger partial charge in [0.15, 0.2) is 0 Å². The topological polar surface area (TPSA) is 37.4 Å². The van der Waals surface area contributed by atoms with Crippen molar-refractivity contribution < 1.29 is 14.0 Å². The third-order valence-corrected chi connectivity index (χ3v) is 3.89. The highest BCUT2D eigenvalue weighted by Gasteiger charge is 2.38. The van der Waals surface area contributed by atoms with Crippen molar-refractivity contribution in [1.82, 2.24) is 0 Å². The van der Waals surface area contributed by atoms with E-state index in [0.717, 1.165) is 17.0 Å². The molecule has 2 aromatic rings. The number of fused-ring (bicyclic) bond motifs is 1. The zero-order valence-corrected chi connectivity index (χ0v) is 12.2. The number of carbonyl (C=O) groups excluding carboxylic acids is 2. The smallest absolute Gasteiger partial charge is 0.266 e. The summed E-state index contributed by atoms with van der Waals surface area (Å²) in [5, 5.41) is -0.00798. The number of hydrogen-bond acceptors (Lipinski definition) is 2. The molecule has 0 aliphatic carbocycles. The first-order chi connectivity index (χ1) is 9.50. The Bertz CT molecular complexity index is 705. The Kier molecular flexibility index (Phi) is 3.11. The van der Waals surface area contributed by atoms with Gasteiger partial charge in [0.25, 0.3) is 11.8 Å². The van der Waals surface area contributed by atoms with E-state index in [9.17, 15) is 14.0 Å². The maximum atomic E-state index is 13.2. The van der Waals surface area contributed by atoms with E-state index >= 15 is 0 Å². The minimum atomic E-state index is -0.553. The van der Waals surface area contributed by atoms with Crippen molar-refractivity contribution in [2.24, 2.45) is 0 Å². The van der Waals surface area contributed by atoms with Gasteiger partial charge in [0, 0.05) is 4.47 Å². The highest BCUT2D eigenvalue weighted by Crippen LogP contribution is 2.39. The van der Waals surface area contributed by atoms with Crippen molar-refractivity contribution in [2.45, 2.75) is 0 Å². The Hall–Kier alpha value is -1.72. The molecule has 2 aromatic carbocycles. The SMILES string of the molecule is O=C1c2ccccc2C(=O)N1c1c(Cl)cc(F)cc1Br. The maximum Gasteiger partial charge on any atom is 0.266 e. The number of rotatable bonds is 1. The van der Waals surface area contributed by atoms with Crippen molar-refractivity contribution in [3.63, 3.8) is 0 Å². The fourth-order valence-electron chi connectivity index (χ4n) is 2.14. The Balaban J connectivity index is 2.19. The van der Waals surface area contributed by atoms with Crippen LogP contribution in [0.25, 0.3) is 0 Å². The highest BCUT2D eigenvalue weighted by atomic mass is 79.9. The molecule has 0 saturated heterocycles. The Morgan fingerprint density at radius 3 is 2.10 bits per heavy atom. The van der Waals surface area contributed by atoms with Crippen molar-refractivity contribution in [2.75, 3.05) is 4.90 Å². The number of halogens is 3. The van der Waals surface area contributed by atoms with Crippen LogP contribution >= 0.6 is 27.5 Å². The molecule has 0 radical (unpaired) electrons. The molecule has 1 heterocycles. The van der Waals surface area contributed by atoms with E-state index in [-0.39, 0.29) is 15.2 Å². The minimum absolute atomic E-state index is 0.00798. The summed E-state index contributed by atoms with van der Waals surface area (Å²) in [6.07, 6.45) is 0. The van der Waals surface area contributed by atoms with Crippen LogP contribution in [0.2, 0.25) is 5.02 Å². The van der Waals surface area contributed by atoms with E-state index in [2.05, 4.69) is 15.9 Å². The molecule has 0 atom stereocenters. The first-order valence-electron chi connectivity index (χ1n) is 5.63. The van der Waals surface area contributed by atoms with E-state index < -0.39 is 17.6 Å². The summed E-state index contributed by atoms with van der Waals surface area (Å²) in [7, 11) is 0. The Labute approximate surface area is 127 Å². The Morgan fingerprint density at radius 1 is 1.05 bits per heavy atom. The molecule has 1 aliphatic rings. The van der Waals surface area contributed by atoms with Crippen LogP contribution in [-0.4, -0.2) is 11.8 Å². The molecule has 3 rings (SSSR count). The van der Waals surface area contributed by atoms with Crippen molar-refractivity contribution in [3.05, 3.63) is 62.8 Å². The average Bonchev–Trinajstić information content (AvgIpc) is 2.64. The third-order valence-electron chi connectivity index (χ3n) is 3.00. The summed E-state index contributed by atoms with van der Waals surface area (Å²) in [5.74, 6) is -1.50. The molecule has 0 spiro atoms. The molecule has 0 bridgehead atoms. The summed E-state index contributed by atoms with van der Waals surface area (Å²) in [5.41, 5.74) is 0.772. The van der Waals surface area contributed by atoms with Crippen LogP contribution in [0.3, 0.4) is 0 Å². The molecule has 0 N–H and O–H groups in total. The van der Waals surface area contributed by atoms with Gasteiger partial charge in [-0.3, -0.25) is 9.59 Å². The lowest BCUT2D eigenvalue weighted by atomic mass is 10.1. The first-order valence-corrected chi connectivity index (χ1v) is 6.80. The van der Waals surface area contributed by atoms with Gasteiger partial charge in [-0.05, 0) is 40.2 Å². The zero-order chi connectivity index (χ0) is 14.4. The lowest BCUT2D eigenvalue weighted by molar-refractivity contribution is 0.0926. The van der Waals surface area contributed by atoms with Crippen LogP contribution in [-0.2, 0) is 0 Å². The maximum absolute atomic E-state index is 13.2. The van der Waals surface area contributed by atoms with Crippen LogP contribution < -0.4 is 4.90 Å². The molecule has 20 heavy (non-hydrogen) atoms. The number of nitrogens with zero attached hydrogens (tertiary/aromatic N) is 1.